The average Bonchev–Trinajstić information content (AvgIpc) is 2.61. The van der Waals surface area contributed by atoms with E-state index in [1.54, 1.807) is 11.4 Å². The first-order valence-electron chi connectivity index (χ1n) is 3.76. The summed E-state index contributed by atoms with van der Waals surface area (Å²) >= 11 is 1.23. The number of rotatable bonds is 4. The predicted octanol–water partition coefficient (Wildman–Crippen LogP) is 1.21. The number of Topliss-reactive ketones (excluding diaryl/α,β-unsaturated/α-hetero) is 1. The molecule has 5 nitrogen and oxygen atoms in total. The summed E-state index contributed by atoms with van der Waals surface area (Å²) in [6.45, 7) is -0.230. The van der Waals surface area contributed by atoms with Crippen LogP contribution in [0.1, 0.15) is 9.67 Å². The third-order valence-electron chi connectivity index (χ3n) is 1.50. The van der Waals surface area contributed by atoms with Crippen LogP contribution in [-0.2, 0) is 0 Å². The lowest BCUT2D eigenvalue weighted by molar-refractivity contribution is 0.0988. The molecule has 1 aromatic rings. The topological polar surface area (TPSA) is 75.6 Å². The molecule has 1 amide bonds. The third kappa shape index (κ3) is 2.46. The second-order valence-electron chi connectivity index (χ2n) is 2.40. The molecule has 0 saturated heterocycles. The normalized spacial score (nSPS) is 9.50. The fourth-order valence-corrected chi connectivity index (χ4v) is 1.70. The SMILES string of the molecule is COc1ccsc1C(=O)CNC(=O)O. The largest absolute Gasteiger partial charge is 0.495 e. The van der Waals surface area contributed by atoms with Crippen molar-refractivity contribution in [3.8, 4) is 5.75 Å². The number of carbonyl (C=O) groups excluding carboxylic acids is 1. The van der Waals surface area contributed by atoms with Gasteiger partial charge in [-0.3, -0.25) is 4.79 Å². The number of ketones is 1. The molecule has 0 aliphatic rings. The Balaban J connectivity index is 2.64. The second-order valence-corrected chi connectivity index (χ2v) is 3.32. The van der Waals surface area contributed by atoms with E-state index in [9.17, 15) is 9.59 Å². The van der Waals surface area contributed by atoms with E-state index in [0.29, 0.717) is 10.6 Å². The van der Waals surface area contributed by atoms with Gasteiger partial charge in [0.05, 0.1) is 13.7 Å². The van der Waals surface area contributed by atoms with Crippen LogP contribution in [0.15, 0.2) is 11.4 Å². The van der Waals surface area contributed by atoms with Crippen LogP contribution in [0.2, 0.25) is 0 Å². The molecule has 0 unspecified atom stereocenters. The van der Waals surface area contributed by atoms with Crippen LogP contribution >= 0.6 is 11.3 Å². The lowest BCUT2D eigenvalue weighted by Crippen LogP contribution is -2.27. The summed E-state index contributed by atoms with van der Waals surface area (Å²) in [5.41, 5.74) is 0. The average molecular weight is 215 g/mol. The van der Waals surface area contributed by atoms with Crippen molar-refractivity contribution < 1.29 is 19.4 Å². The van der Waals surface area contributed by atoms with E-state index in [-0.39, 0.29) is 12.3 Å². The van der Waals surface area contributed by atoms with E-state index < -0.39 is 6.09 Å². The minimum atomic E-state index is -1.21. The Hall–Kier alpha value is -1.56. The van der Waals surface area contributed by atoms with Gasteiger partial charge in [-0.2, -0.15) is 0 Å². The Bertz CT molecular complexity index is 347. The molecule has 0 aromatic carbocycles. The van der Waals surface area contributed by atoms with Gasteiger partial charge in [0.25, 0.3) is 0 Å². The van der Waals surface area contributed by atoms with Crippen molar-refractivity contribution in [2.24, 2.45) is 0 Å². The van der Waals surface area contributed by atoms with Gasteiger partial charge < -0.3 is 15.2 Å². The summed E-state index contributed by atoms with van der Waals surface area (Å²) in [5, 5.41) is 12.0. The summed E-state index contributed by atoms with van der Waals surface area (Å²) in [7, 11) is 1.46. The van der Waals surface area contributed by atoms with E-state index >= 15 is 0 Å². The van der Waals surface area contributed by atoms with Gasteiger partial charge in [0.2, 0.25) is 0 Å². The summed E-state index contributed by atoms with van der Waals surface area (Å²) < 4.78 is 4.93. The minimum absolute atomic E-state index is 0.230. The van der Waals surface area contributed by atoms with Crippen LogP contribution in [0, 0.1) is 0 Å². The van der Waals surface area contributed by atoms with Crippen molar-refractivity contribution in [3.05, 3.63) is 16.3 Å². The molecule has 0 spiro atoms. The fourth-order valence-electron chi connectivity index (χ4n) is 0.898. The molecule has 14 heavy (non-hydrogen) atoms. The number of amides is 1. The maximum atomic E-state index is 11.4. The molecule has 2 N–H and O–H groups in total. The zero-order valence-corrected chi connectivity index (χ0v) is 8.26. The first kappa shape index (κ1) is 10.5. The number of ether oxygens (including phenoxy) is 1. The molecule has 0 radical (unpaired) electrons. The Labute approximate surface area is 84.3 Å². The lowest BCUT2D eigenvalue weighted by Gasteiger charge is -2.01. The van der Waals surface area contributed by atoms with Crippen molar-refractivity contribution in [2.75, 3.05) is 13.7 Å². The minimum Gasteiger partial charge on any atom is -0.495 e. The van der Waals surface area contributed by atoms with Gasteiger partial charge in [-0.25, -0.2) is 4.79 Å². The monoisotopic (exact) mass is 215 g/mol. The molecule has 6 heteroatoms. The van der Waals surface area contributed by atoms with Crippen molar-refractivity contribution in [1.29, 1.82) is 0 Å². The molecule has 76 valence electrons. The van der Waals surface area contributed by atoms with Crippen LogP contribution in [0.25, 0.3) is 0 Å². The quantitative estimate of drug-likeness (QED) is 0.740. The highest BCUT2D eigenvalue weighted by Crippen LogP contribution is 2.24. The smallest absolute Gasteiger partial charge is 0.405 e. The van der Waals surface area contributed by atoms with E-state index in [4.69, 9.17) is 9.84 Å². The molecule has 1 aromatic heterocycles. The van der Waals surface area contributed by atoms with Crippen LogP contribution < -0.4 is 10.1 Å². The Morgan fingerprint density at radius 1 is 1.64 bits per heavy atom. The van der Waals surface area contributed by atoms with Gasteiger partial charge in [-0.05, 0) is 11.4 Å². The van der Waals surface area contributed by atoms with Crippen LogP contribution in [0.4, 0.5) is 4.79 Å². The molecule has 1 heterocycles. The van der Waals surface area contributed by atoms with Gasteiger partial charge in [0.1, 0.15) is 10.6 Å². The summed E-state index contributed by atoms with van der Waals surface area (Å²) in [4.78, 5) is 22.0. The Morgan fingerprint density at radius 2 is 2.36 bits per heavy atom. The van der Waals surface area contributed by atoms with Gasteiger partial charge in [-0.15, -0.1) is 11.3 Å². The van der Waals surface area contributed by atoms with Crippen molar-refractivity contribution >= 4 is 23.2 Å². The van der Waals surface area contributed by atoms with Gasteiger partial charge >= 0.3 is 6.09 Å². The predicted molar refractivity (Wildman–Crippen MR) is 51.2 cm³/mol. The van der Waals surface area contributed by atoms with Gasteiger partial charge in [0, 0.05) is 0 Å². The van der Waals surface area contributed by atoms with Gasteiger partial charge in [-0.1, -0.05) is 0 Å². The maximum absolute atomic E-state index is 11.4. The van der Waals surface area contributed by atoms with E-state index in [1.165, 1.54) is 18.4 Å². The number of thiophene rings is 1. The second kappa shape index (κ2) is 4.61. The van der Waals surface area contributed by atoms with Crippen LogP contribution in [0.5, 0.6) is 5.75 Å². The highest BCUT2D eigenvalue weighted by Gasteiger charge is 2.13. The molecule has 0 fully saturated rings. The number of methoxy groups -OCH3 is 1. The number of carbonyl (C=O) groups is 2. The molecule has 0 aliphatic heterocycles. The highest BCUT2D eigenvalue weighted by atomic mass is 32.1. The lowest BCUT2D eigenvalue weighted by atomic mass is 10.3. The molecule has 0 atom stereocenters. The van der Waals surface area contributed by atoms with Crippen molar-refractivity contribution in [2.45, 2.75) is 0 Å². The standard InChI is InChI=1S/C8H9NO4S/c1-13-6-2-3-14-7(6)5(10)4-9-8(11)12/h2-3,9H,4H2,1H3,(H,11,12). The molecular weight excluding hydrogens is 206 g/mol. The molecule has 0 bridgehead atoms. The zero-order chi connectivity index (χ0) is 10.6. The maximum Gasteiger partial charge on any atom is 0.405 e. The van der Waals surface area contributed by atoms with Crippen molar-refractivity contribution in [3.63, 3.8) is 0 Å². The molecule has 0 aliphatic carbocycles. The summed E-state index contributed by atoms with van der Waals surface area (Å²) in [6.07, 6.45) is -1.21. The molecule has 1 rings (SSSR count). The van der Waals surface area contributed by atoms with Crippen LogP contribution in [-0.4, -0.2) is 30.6 Å². The van der Waals surface area contributed by atoms with E-state index in [0.717, 1.165) is 0 Å². The fraction of sp³-hybridized carbons (Fsp3) is 0.250. The van der Waals surface area contributed by atoms with Crippen LogP contribution in [0.3, 0.4) is 0 Å². The highest BCUT2D eigenvalue weighted by molar-refractivity contribution is 7.12. The first-order chi connectivity index (χ1) is 6.65. The molecule has 0 saturated carbocycles. The van der Waals surface area contributed by atoms with Gasteiger partial charge in [0.15, 0.2) is 5.78 Å². The summed E-state index contributed by atoms with van der Waals surface area (Å²) in [5.74, 6) is 0.187. The van der Waals surface area contributed by atoms with Crippen molar-refractivity contribution in [1.82, 2.24) is 5.32 Å². The Kier molecular flexibility index (Phi) is 3.47. The zero-order valence-electron chi connectivity index (χ0n) is 7.44. The number of hydrogen-bond acceptors (Lipinski definition) is 4. The first-order valence-corrected chi connectivity index (χ1v) is 4.64. The van der Waals surface area contributed by atoms with E-state index in [2.05, 4.69) is 0 Å². The number of hydrogen-bond donors (Lipinski definition) is 2. The third-order valence-corrected chi connectivity index (χ3v) is 2.44. The Morgan fingerprint density at radius 3 is 2.93 bits per heavy atom. The molecular formula is C8H9NO4S. The summed E-state index contributed by atoms with van der Waals surface area (Å²) in [6, 6.07) is 1.67. The number of nitrogens with one attached hydrogen (secondary N) is 1. The number of carboxylic acid groups (broad SMARTS) is 1. The van der Waals surface area contributed by atoms with E-state index in [1.807, 2.05) is 5.32 Å².